The van der Waals surface area contributed by atoms with Crippen molar-refractivity contribution in [3.05, 3.63) is 47.7 Å². The van der Waals surface area contributed by atoms with Gasteiger partial charge in [0.2, 0.25) is 5.88 Å². The molecule has 0 atom stereocenters. The van der Waals surface area contributed by atoms with Crippen LogP contribution in [0.4, 0.5) is 13.2 Å². The number of pyridine rings is 1. The lowest BCUT2D eigenvalue weighted by atomic mass is 9.75. The molecule has 0 saturated heterocycles. The average Bonchev–Trinajstić information content (AvgIpc) is 2.78. The quantitative estimate of drug-likeness (QED) is 0.652. The molecular weight excluding hydrogens is 425 g/mol. The number of nitrogens with one attached hydrogen (secondary N) is 1. The van der Waals surface area contributed by atoms with Crippen LogP contribution in [0, 0.1) is 5.92 Å². The molecule has 1 saturated carbocycles. The number of hydrogen-bond acceptors (Lipinski definition) is 4. The monoisotopic (exact) mass is 450 g/mol. The van der Waals surface area contributed by atoms with Crippen LogP contribution in [0.15, 0.2) is 36.5 Å². The highest BCUT2D eigenvalue weighted by molar-refractivity contribution is 5.98. The molecule has 9 heteroatoms. The van der Waals surface area contributed by atoms with E-state index < -0.39 is 29.2 Å². The Balaban J connectivity index is 1.93. The molecule has 172 valence electrons. The summed E-state index contributed by atoms with van der Waals surface area (Å²) < 4.78 is 44.6. The van der Waals surface area contributed by atoms with Gasteiger partial charge in [-0.25, -0.2) is 9.78 Å². The number of alkyl halides is 3. The van der Waals surface area contributed by atoms with Gasteiger partial charge in [-0.05, 0) is 55.4 Å². The Morgan fingerprint density at radius 2 is 1.94 bits per heavy atom. The van der Waals surface area contributed by atoms with Gasteiger partial charge >= 0.3 is 12.1 Å². The maximum Gasteiger partial charge on any atom is 0.416 e. The number of rotatable bonds is 6. The second-order valence-electron chi connectivity index (χ2n) is 8.05. The van der Waals surface area contributed by atoms with E-state index in [1.54, 1.807) is 0 Å². The third kappa shape index (κ3) is 4.87. The number of carboxylic acids is 1. The zero-order valence-corrected chi connectivity index (χ0v) is 17.8. The second-order valence-corrected chi connectivity index (χ2v) is 8.05. The molecule has 1 aliphatic carbocycles. The molecular formula is C23H25F3N2O4. The van der Waals surface area contributed by atoms with Gasteiger partial charge in [0.1, 0.15) is 5.54 Å². The summed E-state index contributed by atoms with van der Waals surface area (Å²) in [5, 5.41) is 12.5. The Labute approximate surface area is 183 Å². The third-order valence-electron chi connectivity index (χ3n) is 6.11. The fourth-order valence-electron chi connectivity index (χ4n) is 4.07. The van der Waals surface area contributed by atoms with Crippen molar-refractivity contribution in [2.24, 2.45) is 5.92 Å². The summed E-state index contributed by atoms with van der Waals surface area (Å²) in [6, 6.07) is 5.98. The molecule has 2 N–H and O–H groups in total. The van der Waals surface area contributed by atoms with Crippen molar-refractivity contribution in [3.8, 4) is 17.0 Å². The Morgan fingerprint density at radius 3 is 2.50 bits per heavy atom. The second kappa shape index (κ2) is 9.18. The highest BCUT2D eigenvalue weighted by Crippen LogP contribution is 2.36. The largest absolute Gasteiger partial charge is 0.481 e. The number of ether oxygens (including phenoxy) is 1. The first-order chi connectivity index (χ1) is 15.1. The van der Waals surface area contributed by atoms with Crippen molar-refractivity contribution in [3.63, 3.8) is 0 Å². The maximum atomic E-state index is 13.1. The average molecular weight is 450 g/mol. The Kier molecular flexibility index (Phi) is 6.76. The minimum absolute atomic E-state index is 0.0384. The summed E-state index contributed by atoms with van der Waals surface area (Å²) >= 11 is 0. The number of carbonyl (C=O) groups is 2. The summed E-state index contributed by atoms with van der Waals surface area (Å²) in [6.45, 7) is 2.05. The molecule has 0 spiro atoms. The van der Waals surface area contributed by atoms with E-state index in [0.29, 0.717) is 31.6 Å². The van der Waals surface area contributed by atoms with Crippen LogP contribution in [0.2, 0.25) is 0 Å². The highest BCUT2D eigenvalue weighted by Gasteiger charge is 2.43. The Bertz CT molecular complexity index is 999. The summed E-state index contributed by atoms with van der Waals surface area (Å²) in [6.07, 6.45) is -0.339. The molecule has 0 radical (unpaired) electrons. The van der Waals surface area contributed by atoms with Gasteiger partial charge in [-0.15, -0.1) is 0 Å². The summed E-state index contributed by atoms with van der Waals surface area (Å²) in [5.74, 6) is -1.27. The van der Waals surface area contributed by atoms with Gasteiger partial charge in [-0.3, -0.25) is 4.79 Å². The van der Waals surface area contributed by atoms with Crippen LogP contribution < -0.4 is 10.1 Å². The van der Waals surface area contributed by atoms with Crippen LogP contribution in [0.25, 0.3) is 11.1 Å². The van der Waals surface area contributed by atoms with Crippen LogP contribution in [0.5, 0.6) is 5.88 Å². The van der Waals surface area contributed by atoms with Crippen LogP contribution >= 0.6 is 0 Å². The molecule has 2 aromatic rings. The van der Waals surface area contributed by atoms with E-state index in [9.17, 15) is 27.9 Å². The predicted molar refractivity (Wildman–Crippen MR) is 111 cm³/mol. The Morgan fingerprint density at radius 1 is 1.25 bits per heavy atom. The normalized spacial score (nSPS) is 21.1. The summed E-state index contributed by atoms with van der Waals surface area (Å²) in [7, 11) is 1.32. The van der Waals surface area contributed by atoms with Crippen LogP contribution in [-0.2, 0) is 11.0 Å². The minimum Gasteiger partial charge on any atom is -0.481 e. The number of amides is 1. The lowest BCUT2D eigenvalue weighted by Gasteiger charge is -2.37. The summed E-state index contributed by atoms with van der Waals surface area (Å²) in [5.41, 5.74) is -1.81. The maximum absolute atomic E-state index is 13.1. The van der Waals surface area contributed by atoms with E-state index in [-0.39, 0.29) is 22.6 Å². The van der Waals surface area contributed by atoms with Gasteiger partial charge in [0.15, 0.2) is 0 Å². The molecule has 0 aliphatic heterocycles. The highest BCUT2D eigenvalue weighted by atomic mass is 19.4. The molecule has 1 heterocycles. The van der Waals surface area contributed by atoms with E-state index >= 15 is 0 Å². The molecule has 0 unspecified atom stereocenters. The summed E-state index contributed by atoms with van der Waals surface area (Å²) in [4.78, 5) is 29.0. The van der Waals surface area contributed by atoms with Gasteiger partial charge in [0, 0.05) is 11.8 Å². The number of aliphatic carboxylic acids is 1. The van der Waals surface area contributed by atoms with Gasteiger partial charge in [-0.2, -0.15) is 13.2 Å². The van der Waals surface area contributed by atoms with Gasteiger partial charge in [0.05, 0.1) is 18.2 Å². The van der Waals surface area contributed by atoms with E-state index in [1.165, 1.54) is 31.5 Å². The number of benzene rings is 1. The van der Waals surface area contributed by atoms with Gasteiger partial charge in [0.25, 0.3) is 5.91 Å². The van der Waals surface area contributed by atoms with Crippen LogP contribution in [-0.4, -0.2) is 34.6 Å². The van der Waals surface area contributed by atoms with E-state index in [2.05, 4.69) is 17.2 Å². The van der Waals surface area contributed by atoms with Crippen molar-refractivity contribution in [2.75, 3.05) is 7.11 Å². The smallest absolute Gasteiger partial charge is 0.416 e. The molecule has 1 amide bonds. The lowest BCUT2D eigenvalue weighted by Crippen LogP contribution is -2.56. The first kappa shape index (κ1) is 23.6. The Hall–Kier alpha value is -3.10. The number of methoxy groups -OCH3 is 1. The van der Waals surface area contributed by atoms with E-state index in [0.717, 1.165) is 18.6 Å². The minimum atomic E-state index is -4.53. The number of carboxylic acid groups (broad SMARTS) is 1. The van der Waals surface area contributed by atoms with Crippen LogP contribution in [0.1, 0.15) is 54.9 Å². The fraction of sp³-hybridized carbons (Fsp3) is 0.435. The van der Waals surface area contributed by atoms with E-state index in [4.69, 9.17) is 4.74 Å². The van der Waals surface area contributed by atoms with Crippen molar-refractivity contribution in [2.45, 2.75) is 50.7 Å². The fourth-order valence-corrected chi connectivity index (χ4v) is 4.07. The number of hydrogen-bond donors (Lipinski definition) is 2. The number of halogens is 3. The SMILES string of the molecule is CCC1CCC(NC(=O)c2cnc(OC)c(-c3cccc(C(F)(F)F)c3)c2)(C(=O)O)CC1. The molecule has 1 aliphatic rings. The first-order valence-electron chi connectivity index (χ1n) is 10.4. The molecule has 1 aromatic heterocycles. The molecule has 0 bridgehead atoms. The van der Waals surface area contributed by atoms with Crippen molar-refractivity contribution in [1.29, 1.82) is 0 Å². The lowest BCUT2D eigenvalue weighted by molar-refractivity contribution is -0.146. The number of aromatic nitrogens is 1. The molecule has 1 aromatic carbocycles. The topological polar surface area (TPSA) is 88.5 Å². The predicted octanol–water partition coefficient (Wildman–Crippen LogP) is 4.93. The molecule has 3 rings (SSSR count). The molecule has 6 nitrogen and oxygen atoms in total. The van der Waals surface area contributed by atoms with Gasteiger partial charge < -0.3 is 15.2 Å². The van der Waals surface area contributed by atoms with Gasteiger partial charge in [-0.1, -0.05) is 25.5 Å². The van der Waals surface area contributed by atoms with Crippen molar-refractivity contribution in [1.82, 2.24) is 10.3 Å². The van der Waals surface area contributed by atoms with Crippen LogP contribution in [0.3, 0.4) is 0 Å². The molecule has 32 heavy (non-hydrogen) atoms. The van der Waals surface area contributed by atoms with Crippen molar-refractivity contribution >= 4 is 11.9 Å². The van der Waals surface area contributed by atoms with E-state index in [1.807, 2.05) is 0 Å². The molecule has 1 fully saturated rings. The number of nitrogens with zero attached hydrogens (tertiary/aromatic N) is 1. The first-order valence-corrected chi connectivity index (χ1v) is 10.4. The number of carbonyl (C=O) groups excluding carboxylic acids is 1. The zero-order valence-electron chi connectivity index (χ0n) is 17.8. The zero-order chi connectivity index (χ0) is 23.5. The van der Waals surface area contributed by atoms with Crippen molar-refractivity contribution < 1.29 is 32.6 Å². The standard InChI is InChI=1S/C23H25F3N2O4/c1-3-14-7-9-22(10-8-14,21(30)31)28-19(29)16-12-18(20(32-2)27-13-16)15-5-4-6-17(11-15)23(24,25)26/h4-6,11-14H,3,7-10H2,1-2H3,(H,28,29)(H,30,31). The third-order valence-corrected chi connectivity index (χ3v) is 6.11.